The monoisotopic (exact) mass is 530 g/mol. The number of Topliss-reactive ketones (excluding diaryl/α,β-unsaturated/α-hetero) is 1. The number of aryl methyl sites for hydroxylation is 1. The molecule has 5 aromatic rings. The van der Waals surface area contributed by atoms with Gasteiger partial charge in [-0.2, -0.15) is 0 Å². The van der Waals surface area contributed by atoms with Gasteiger partial charge in [-0.05, 0) is 36.1 Å². The number of carbonyl (C=O) groups excluding carboxylic acids is 1. The van der Waals surface area contributed by atoms with E-state index in [9.17, 15) is 9.59 Å². The predicted octanol–water partition coefficient (Wildman–Crippen LogP) is 5.48. The number of thioether (sulfide) groups is 1. The second-order valence-corrected chi connectivity index (χ2v) is 11.7. The first-order chi connectivity index (χ1) is 17.9. The summed E-state index contributed by atoms with van der Waals surface area (Å²) in [6, 6.07) is 17.1. The maximum atomic E-state index is 14.1. The van der Waals surface area contributed by atoms with Crippen molar-refractivity contribution in [3.63, 3.8) is 0 Å². The van der Waals surface area contributed by atoms with Crippen molar-refractivity contribution in [2.75, 3.05) is 5.75 Å². The Bertz CT molecular complexity index is 1700. The van der Waals surface area contributed by atoms with E-state index < -0.39 is 0 Å². The maximum absolute atomic E-state index is 14.1. The van der Waals surface area contributed by atoms with Crippen molar-refractivity contribution in [1.29, 1.82) is 0 Å². The smallest absolute Gasteiger partial charge is 0.268 e. The number of nitrogens with zero attached hydrogens (tertiary/aromatic N) is 4. The summed E-state index contributed by atoms with van der Waals surface area (Å²) in [4.78, 5) is 28.8. The van der Waals surface area contributed by atoms with Crippen LogP contribution in [0.4, 0.5) is 0 Å². The van der Waals surface area contributed by atoms with Crippen LogP contribution in [0.2, 0.25) is 0 Å². The summed E-state index contributed by atoms with van der Waals surface area (Å²) in [7, 11) is 0. The van der Waals surface area contributed by atoms with Crippen LogP contribution < -0.4 is 5.56 Å². The van der Waals surface area contributed by atoms with Crippen LogP contribution in [0, 0.1) is 12.8 Å². The Hall–Kier alpha value is -3.27. The van der Waals surface area contributed by atoms with Crippen LogP contribution >= 0.6 is 23.1 Å². The van der Waals surface area contributed by atoms with Crippen LogP contribution in [0.15, 0.2) is 64.5 Å². The first kappa shape index (κ1) is 24.1. The number of aromatic nitrogens is 4. The molecule has 0 N–H and O–H groups in total. The summed E-state index contributed by atoms with van der Waals surface area (Å²) in [5, 5.41) is 10.2. The highest BCUT2D eigenvalue weighted by Crippen LogP contribution is 2.37. The molecule has 4 heterocycles. The average molecular weight is 531 g/mol. The minimum atomic E-state index is -0.0979. The molecule has 7 nitrogen and oxygen atoms in total. The van der Waals surface area contributed by atoms with Crippen LogP contribution in [0.5, 0.6) is 0 Å². The molecule has 6 rings (SSSR count). The van der Waals surface area contributed by atoms with Crippen LogP contribution in [-0.2, 0) is 17.8 Å². The van der Waals surface area contributed by atoms with Crippen molar-refractivity contribution >= 4 is 44.9 Å². The number of hydrogen-bond acceptors (Lipinski definition) is 7. The molecule has 1 aliphatic rings. The van der Waals surface area contributed by atoms with E-state index in [2.05, 4.69) is 24.0 Å². The first-order valence-corrected chi connectivity index (χ1v) is 14.1. The van der Waals surface area contributed by atoms with Gasteiger partial charge in [0.2, 0.25) is 5.78 Å². The van der Waals surface area contributed by atoms with E-state index in [0.29, 0.717) is 40.8 Å². The molecule has 0 spiro atoms. The third-order valence-corrected chi connectivity index (χ3v) is 8.89. The van der Waals surface area contributed by atoms with Gasteiger partial charge in [0.25, 0.3) is 5.56 Å². The van der Waals surface area contributed by atoms with Gasteiger partial charge in [-0.25, -0.2) is 8.97 Å². The average Bonchev–Trinajstić information content (AvgIpc) is 3.49. The predicted molar refractivity (Wildman–Crippen MR) is 147 cm³/mol. The molecule has 3 aromatic heterocycles. The zero-order chi connectivity index (χ0) is 25.7. The quantitative estimate of drug-likeness (QED) is 0.214. The number of ether oxygens (including phenoxy) is 1. The Morgan fingerprint density at radius 2 is 1.97 bits per heavy atom. The van der Waals surface area contributed by atoms with E-state index in [4.69, 9.17) is 4.74 Å². The number of thiophene rings is 1. The molecule has 0 saturated carbocycles. The zero-order valence-electron chi connectivity index (χ0n) is 20.8. The van der Waals surface area contributed by atoms with Gasteiger partial charge in [-0.1, -0.05) is 68.1 Å². The molecule has 2 aromatic carbocycles. The Labute approximate surface area is 222 Å². The van der Waals surface area contributed by atoms with E-state index in [1.165, 1.54) is 11.8 Å². The van der Waals surface area contributed by atoms with Crippen molar-refractivity contribution in [2.24, 2.45) is 5.92 Å². The van der Waals surface area contributed by atoms with Crippen molar-refractivity contribution in [3.8, 4) is 5.69 Å². The lowest BCUT2D eigenvalue weighted by atomic mass is 9.96. The lowest BCUT2D eigenvalue weighted by Gasteiger charge is -2.26. The summed E-state index contributed by atoms with van der Waals surface area (Å²) in [6.45, 7) is 6.78. The van der Waals surface area contributed by atoms with Crippen LogP contribution in [0.1, 0.15) is 40.2 Å². The molecule has 188 valence electrons. The second-order valence-electron chi connectivity index (χ2n) is 9.66. The number of ketones is 1. The van der Waals surface area contributed by atoms with Crippen molar-refractivity contribution in [1.82, 2.24) is 19.2 Å². The minimum Gasteiger partial charge on any atom is -0.372 e. The van der Waals surface area contributed by atoms with Crippen molar-refractivity contribution < 1.29 is 9.53 Å². The number of hydrogen-bond donors (Lipinski definition) is 0. The molecule has 1 unspecified atom stereocenters. The first-order valence-electron chi connectivity index (χ1n) is 12.3. The normalized spacial score (nSPS) is 15.5. The third-order valence-electron chi connectivity index (χ3n) is 6.77. The number of carbonyl (C=O) groups is 1. The molecule has 0 bridgehead atoms. The van der Waals surface area contributed by atoms with E-state index in [0.717, 1.165) is 26.5 Å². The summed E-state index contributed by atoms with van der Waals surface area (Å²) in [6.07, 6.45) is 0.754. The van der Waals surface area contributed by atoms with E-state index in [1.54, 1.807) is 15.9 Å². The van der Waals surface area contributed by atoms with Gasteiger partial charge in [0, 0.05) is 16.9 Å². The van der Waals surface area contributed by atoms with Gasteiger partial charge in [-0.3, -0.25) is 9.59 Å². The Kier molecular flexibility index (Phi) is 6.22. The van der Waals surface area contributed by atoms with Gasteiger partial charge >= 0.3 is 0 Å². The zero-order valence-corrected chi connectivity index (χ0v) is 22.4. The Morgan fingerprint density at radius 1 is 1.16 bits per heavy atom. The highest BCUT2D eigenvalue weighted by Gasteiger charge is 2.30. The Balaban J connectivity index is 1.55. The molecule has 0 saturated heterocycles. The highest BCUT2D eigenvalue weighted by molar-refractivity contribution is 7.99. The lowest BCUT2D eigenvalue weighted by Crippen LogP contribution is -2.28. The Morgan fingerprint density at radius 3 is 2.73 bits per heavy atom. The van der Waals surface area contributed by atoms with Crippen LogP contribution in [0.3, 0.4) is 0 Å². The summed E-state index contributed by atoms with van der Waals surface area (Å²) >= 11 is 2.90. The van der Waals surface area contributed by atoms with Crippen LogP contribution in [0.25, 0.3) is 21.7 Å². The lowest BCUT2D eigenvalue weighted by molar-refractivity contribution is 0.00200. The van der Waals surface area contributed by atoms with Crippen LogP contribution in [-0.4, -0.2) is 36.8 Å². The summed E-state index contributed by atoms with van der Waals surface area (Å²) < 4.78 is 9.72. The molecular weight excluding hydrogens is 504 g/mol. The van der Waals surface area contributed by atoms with Gasteiger partial charge in [0.05, 0.1) is 29.5 Å². The molecular formula is C28H26N4O3S2. The molecule has 0 fully saturated rings. The van der Waals surface area contributed by atoms with Gasteiger partial charge in [-0.15, -0.1) is 21.5 Å². The molecule has 0 amide bonds. The van der Waals surface area contributed by atoms with Crippen molar-refractivity contribution in [3.05, 3.63) is 86.5 Å². The maximum Gasteiger partial charge on any atom is 0.268 e. The summed E-state index contributed by atoms with van der Waals surface area (Å²) in [5.74, 6) is 1.03. The molecule has 1 aliphatic heterocycles. The number of rotatable bonds is 6. The van der Waals surface area contributed by atoms with Gasteiger partial charge in [0.1, 0.15) is 4.83 Å². The fourth-order valence-electron chi connectivity index (χ4n) is 4.80. The fourth-order valence-corrected chi connectivity index (χ4v) is 6.92. The third kappa shape index (κ3) is 4.21. The van der Waals surface area contributed by atoms with Gasteiger partial charge in [0.15, 0.2) is 10.9 Å². The SMILES string of the molecule is Cc1cccc(-n2c(=O)c3c4c(sc3n3c(SCC(=O)c5ccccc5)nnc23)COC(C(C)C)C4)c1. The molecule has 1 atom stereocenters. The second kappa shape index (κ2) is 9.55. The molecule has 37 heavy (non-hydrogen) atoms. The van der Waals surface area contributed by atoms with E-state index >= 15 is 0 Å². The molecule has 0 radical (unpaired) electrons. The number of benzene rings is 2. The summed E-state index contributed by atoms with van der Waals surface area (Å²) in [5.41, 5.74) is 3.41. The standard InChI is InChI=1S/C28H26N4O3S2/c1-16(2)22-13-20-23(14-35-22)37-26-24(20)25(34)31(19-11-7-8-17(3)12-19)27-29-30-28(32(26)27)36-15-21(33)18-9-5-4-6-10-18/h4-12,16,22H,13-15H2,1-3H3. The minimum absolute atomic E-state index is 0.0178. The highest BCUT2D eigenvalue weighted by atomic mass is 32.2. The largest absolute Gasteiger partial charge is 0.372 e. The van der Waals surface area contributed by atoms with Crippen molar-refractivity contribution in [2.45, 2.75) is 45.1 Å². The molecule has 0 aliphatic carbocycles. The topological polar surface area (TPSA) is 78.5 Å². The van der Waals surface area contributed by atoms with E-state index in [1.807, 2.05) is 65.9 Å². The molecule has 9 heteroatoms. The number of fused-ring (bicyclic) bond motifs is 5. The van der Waals surface area contributed by atoms with Gasteiger partial charge < -0.3 is 4.74 Å². The van der Waals surface area contributed by atoms with E-state index in [-0.39, 0.29) is 23.2 Å². The fraction of sp³-hybridized carbons (Fsp3) is 0.286.